The standard InChI is InChI=1S/C22H25FN4O4/c1-2-8-27-17-12-26(13-18(28)24-11-16-7-4-9-31-16)21(29)19(17)20(25-22(27)30)14-5-3-6-15(23)10-14/h2-3,5-6,10,16,20H,1,4,7-9,11-13H2,(H,24,28)(H,25,30). The van der Waals surface area contributed by atoms with Crippen LogP contribution in [-0.2, 0) is 14.3 Å². The minimum Gasteiger partial charge on any atom is -0.376 e. The highest BCUT2D eigenvalue weighted by atomic mass is 19.1. The molecule has 0 bridgehead atoms. The Kier molecular flexibility index (Phi) is 6.03. The van der Waals surface area contributed by atoms with E-state index in [9.17, 15) is 18.8 Å². The minimum absolute atomic E-state index is 0.00632. The molecule has 0 spiro atoms. The highest BCUT2D eigenvalue weighted by molar-refractivity contribution is 6.03. The molecule has 3 aliphatic rings. The normalized spacial score (nSPS) is 23.1. The quantitative estimate of drug-likeness (QED) is 0.644. The van der Waals surface area contributed by atoms with Crippen LogP contribution in [0.4, 0.5) is 9.18 Å². The van der Waals surface area contributed by atoms with Crippen molar-refractivity contribution in [2.75, 3.05) is 32.8 Å². The number of hydrogen-bond acceptors (Lipinski definition) is 4. The summed E-state index contributed by atoms with van der Waals surface area (Å²) in [4.78, 5) is 41.2. The number of hydrogen-bond donors (Lipinski definition) is 2. The van der Waals surface area contributed by atoms with Gasteiger partial charge in [-0.25, -0.2) is 9.18 Å². The number of carbonyl (C=O) groups excluding carboxylic acids is 3. The van der Waals surface area contributed by atoms with Crippen LogP contribution in [0, 0.1) is 5.82 Å². The fraction of sp³-hybridized carbons (Fsp3) is 0.409. The van der Waals surface area contributed by atoms with Crippen LogP contribution in [-0.4, -0.2) is 66.5 Å². The number of halogens is 1. The van der Waals surface area contributed by atoms with E-state index in [4.69, 9.17) is 4.74 Å². The lowest BCUT2D eigenvalue weighted by molar-refractivity contribution is -0.132. The van der Waals surface area contributed by atoms with Gasteiger partial charge in [-0.1, -0.05) is 18.2 Å². The Morgan fingerprint density at radius 3 is 2.94 bits per heavy atom. The van der Waals surface area contributed by atoms with E-state index in [2.05, 4.69) is 17.2 Å². The molecule has 31 heavy (non-hydrogen) atoms. The monoisotopic (exact) mass is 428 g/mol. The Labute approximate surface area is 179 Å². The van der Waals surface area contributed by atoms with Gasteiger partial charge in [-0.05, 0) is 30.5 Å². The molecule has 0 radical (unpaired) electrons. The lowest BCUT2D eigenvalue weighted by Gasteiger charge is -2.33. The van der Waals surface area contributed by atoms with Crippen LogP contribution in [0.1, 0.15) is 24.4 Å². The van der Waals surface area contributed by atoms with Crippen molar-refractivity contribution in [2.45, 2.75) is 25.0 Å². The number of nitrogens with zero attached hydrogens (tertiary/aromatic N) is 2. The number of carbonyl (C=O) groups is 3. The SMILES string of the molecule is C=CCN1C(=O)NC(c2cccc(F)c2)C2=C1CN(CC(=O)NCC1CCCO1)C2=O. The third kappa shape index (κ3) is 4.32. The summed E-state index contributed by atoms with van der Waals surface area (Å²) in [5.74, 6) is -1.11. The second kappa shape index (κ2) is 8.89. The summed E-state index contributed by atoms with van der Waals surface area (Å²) in [5.41, 5.74) is 1.32. The lowest BCUT2D eigenvalue weighted by Crippen LogP contribution is -2.47. The summed E-state index contributed by atoms with van der Waals surface area (Å²) in [7, 11) is 0. The van der Waals surface area contributed by atoms with Gasteiger partial charge >= 0.3 is 6.03 Å². The predicted octanol–water partition coefficient (Wildman–Crippen LogP) is 1.47. The zero-order valence-corrected chi connectivity index (χ0v) is 17.1. The molecular weight excluding hydrogens is 403 g/mol. The van der Waals surface area contributed by atoms with Crippen LogP contribution in [0.2, 0.25) is 0 Å². The van der Waals surface area contributed by atoms with Crippen molar-refractivity contribution >= 4 is 17.8 Å². The zero-order chi connectivity index (χ0) is 22.0. The maximum absolute atomic E-state index is 13.8. The molecule has 4 rings (SSSR count). The van der Waals surface area contributed by atoms with Gasteiger partial charge in [0.25, 0.3) is 5.91 Å². The molecule has 1 saturated heterocycles. The lowest BCUT2D eigenvalue weighted by atomic mass is 9.95. The average Bonchev–Trinajstić information content (AvgIpc) is 3.37. The van der Waals surface area contributed by atoms with E-state index in [-0.39, 0.29) is 37.6 Å². The van der Waals surface area contributed by atoms with E-state index in [1.54, 1.807) is 12.1 Å². The molecule has 2 N–H and O–H groups in total. The van der Waals surface area contributed by atoms with Crippen LogP contribution < -0.4 is 10.6 Å². The van der Waals surface area contributed by atoms with Gasteiger partial charge in [0.15, 0.2) is 0 Å². The van der Waals surface area contributed by atoms with Crippen LogP contribution in [0.3, 0.4) is 0 Å². The second-order valence-electron chi connectivity index (χ2n) is 7.80. The Hall–Kier alpha value is -3.20. The van der Waals surface area contributed by atoms with E-state index >= 15 is 0 Å². The fourth-order valence-electron chi connectivity index (χ4n) is 4.20. The van der Waals surface area contributed by atoms with Gasteiger partial charge in [0, 0.05) is 19.7 Å². The third-order valence-corrected chi connectivity index (χ3v) is 5.68. The van der Waals surface area contributed by atoms with Crippen LogP contribution in [0.5, 0.6) is 0 Å². The highest BCUT2D eigenvalue weighted by Gasteiger charge is 2.44. The second-order valence-corrected chi connectivity index (χ2v) is 7.80. The predicted molar refractivity (Wildman–Crippen MR) is 110 cm³/mol. The van der Waals surface area contributed by atoms with Crippen LogP contribution in [0.25, 0.3) is 0 Å². The summed E-state index contributed by atoms with van der Waals surface area (Å²) in [6, 6.07) is 4.60. The average molecular weight is 428 g/mol. The van der Waals surface area contributed by atoms with Crippen LogP contribution >= 0.6 is 0 Å². The molecule has 2 unspecified atom stereocenters. The molecule has 9 heteroatoms. The molecule has 164 valence electrons. The van der Waals surface area contributed by atoms with Crippen molar-refractivity contribution in [3.63, 3.8) is 0 Å². The van der Waals surface area contributed by atoms with Crippen LogP contribution in [0.15, 0.2) is 48.2 Å². The van der Waals surface area contributed by atoms with Crippen molar-refractivity contribution in [3.8, 4) is 0 Å². The first-order chi connectivity index (χ1) is 15.0. The number of urea groups is 1. The molecule has 0 aliphatic carbocycles. The van der Waals surface area contributed by atoms with Crippen molar-refractivity contribution in [2.24, 2.45) is 0 Å². The molecule has 3 aliphatic heterocycles. The van der Waals surface area contributed by atoms with Crippen molar-refractivity contribution in [1.82, 2.24) is 20.4 Å². The first kappa shape index (κ1) is 21.0. The van der Waals surface area contributed by atoms with Crippen molar-refractivity contribution < 1.29 is 23.5 Å². The van der Waals surface area contributed by atoms with Gasteiger partial charge in [0.05, 0.1) is 30.0 Å². The van der Waals surface area contributed by atoms with E-state index < -0.39 is 17.9 Å². The maximum Gasteiger partial charge on any atom is 0.322 e. The molecular formula is C22H25FN4O4. The molecule has 8 nitrogen and oxygen atoms in total. The third-order valence-electron chi connectivity index (χ3n) is 5.68. The van der Waals surface area contributed by atoms with Crippen molar-refractivity contribution in [1.29, 1.82) is 0 Å². The maximum atomic E-state index is 13.8. The molecule has 1 aromatic carbocycles. The Morgan fingerprint density at radius 1 is 1.39 bits per heavy atom. The van der Waals surface area contributed by atoms with Gasteiger partial charge < -0.3 is 20.3 Å². The summed E-state index contributed by atoms with van der Waals surface area (Å²) >= 11 is 0. The van der Waals surface area contributed by atoms with E-state index in [1.807, 2.05) is 0 Å². The first-order valence-electron chi connectivity index (χ1n) is 10.3. The molecule has 0 aromatic heterocycles. The summed E-state index contributed by atoms with van der Waals surface area (Å²) < 4.78 is 19.3. The summed E-state index contributed by atoms with van der Waals surface area (Å²) in [6.45, 7) is 4.98. The largest absolute Gasteiger partial charge is 0.376 e. The summed E-state index contributed by atoms with van der Waals surface area (Å²) in [6.07, 6.45) is 3.45. The van der Waals surface area contributed by atoms with Gasteiger partial charge in [-0.3, -0.25) is 14.5 Å². The van der Waals surface area contributed by atoms with Crippen molar-refractivity contribution in [3.05, 3.63) is 59.6 Å². The zero-order valence-electron chi connectivity index (χ0n) is 17.1. The van der Waals surface area contributed by atoms with E-state index in [0.29, 0.717) is 30.0 Å². The minimum atomic E-state index is -0.785. The smallest absolute Gasteiger partial charge is 0.322 e. The number of rotatable bonds is 7. The molecule has 2 atom stereocenters. The molecule has 4 amide bonds. The highest BCUT2D eigenvalue weighted by Crippen LogP contribution is 2.36. The topological polar surface area (TPSA) is 91.0 Å². The molecule has 3 heterocycles. The van der Waals surface area contributed by atoms with E-state index in [1.165, 1.54) is 28.0 Å². The number of nitrogens with one attached hydrogen (secondary N) is 2. The number of amides is 4. The number of benzene rings is 1. The number of ether oxygens (including phenoxy) is 1. The summed E-state index contributed by atoms with van der Waals surface area (Å²) in [5, 5.41) is 5.59. The Balaban J connectivity index is 1.53. The Bertz CT molecular complexity index is 941. The fourth-order valence-corrected chi connectivity index (χ4v) is 4.20. The molecule has 0 saturated carbocycles. The van der Waals surface area contributed by atoms with Gasteiger partial charge in [0.1, 0.15) is 12.4 Å². The Morgan fingerprint density at radius 2 is 2.23 bits per heavy atom. The van der Waals surface area contributed by atoms with Gasteiger partial charge in [0.2, 0.25) is 5.91 Å². The molecule has 1 aromatic rings. The molecule has 1 fully saturated rings. The van der Waals surface area contributed by atoms with Gasteiger partial charge in [-0.15, -0.1) is 6.58 Å². The first-order valence-corrected chi connectivity index (χ1v) is 10.3. The van der Waals surface area contributed by atoms with Gasteiger partial charge in [-0.2, -0.15) is 0 Å². The van der Waals surface area contributed by atoms with E-state index in [0.717, 1.165) is 12.8 Å².